The summed E-state index contributed by atoms with van der Waals surface area (Å²) in [7, 11) is 0. The summed E-state index contributed by atoms with van der Waals surface area (Å²) in [6, 6.07) is -0.0370. The van der Waals surface area contributed by atoms with Crippen molar-refractivity contribution in [2.45, 2.75) is 19.2 Å². The minimum atomic E-state index is -0.593. The second-order valence-corrected chi connectivity index (χ2v) is 1.53. The fourth-order valence-corrected chi connectivity index (χ4v) is 0.318. The minimum Gasteiger partial charge on any atom is -0.374 e. The molecule has 1 heterocycles. The highest BCUT2D eigenvalue weighted by atomic mass is 16.6. The van der Waals surface area contributed by atoms with Crippen LogP contribution in [0.5, 0.6) is 0 Å². The number of rotatable bonds is 0. The smallest absolute Gasteiger partial charge is 0.147 e. The van der Waals surface area contributed by atoms with E-state index in [4.69, 9.17) is 10.3 Å². The number of hydrogen-bond donors (Lipinski definition) is 2. The van der Waals surface area contributed by atoms with Gasteiger partial charge in [-0.15, -0.1) is 0 Å². The molecule has 0 bridgehead atoms. The average Bonchev–Trinajstić information content (AvgIpc) is 1.94. The number of hydroxylamine groups is 2. The molecule has 3 atom stereocenters. The van der Waals surface area contributed by atoms with Crippen molar-refractivity contribution in [1.29, 1.82) is 0 Å². The fraction of sp³-hybridized carbons (Fsp3) is 1.00. The lowest BCUT2D eigenvalue weighted by Gasteiger charge is -1.75. The van der Waals surface area contributed by atoms with Gasteiger partial charge in [-0.05, 0) is 6.92 Å². The van der Waals surface area contributed by atoms with E-state index < -0.39 is 6.23 Å². The number of hydrogen-bond acceptors (Lipinski definition) is 3. The van der Waals surface area contributed by atoms with Crippen molar-refractivity contribution < 1.29 is 10.3 Å². The van der Waals surface area contributed by atoms with Crippen LogP contribution < -0.4 is 0 Å². The summed E-state index contributed by atoms with van der Waals surface area (Å²) in [5.41, 5.74) is 0. The van der Waals surface area contributed by atoms with Crippen LogP contribution in [0.2, 0.25) is 0 Å². The van der Waals surface area contributed by atoms with Gasteiger partial charge in [-0.25, -0.2) is 0 Å². The molecule has 1 aliphatic heterocycles. The minimum absolute atomic E-state index is 0.0370. The molecule has 0 spiro atoms. The Labute approximate surface area is 35.8 Å². The highest BCUT2D eigenvalue weighted by Crippen LogP contribution is 2.19. The molecule has 0 aromatic heterocycles. The molecule has 1 saturated heterocycles. The van der Waals surface area contributed by atoms with Crippen molar-refractivity contribution in [3.8, 4) is 0 Å². The highest BCUT2D eigenvalue weighted by Gasteiger charge is 2.41. The first-order valence-electron chi connectivity index (χ1n) is 1.89. The summed E-state index contributed by atoms with van der Waals surface area (Å²) in [5, 5.41) is 17.6. The van der Waals surface area contributed by atoms with Crippen LogP contribution in [0.4, 0.5) is 0 Å². The maximum Gasteiger partial charge on any atom is 0.147 e. The van der Waals surface area contributed by atoms with E-state index in [0.717, 1.165) is 5.06 Å². The molecular weight excluding hydrogens is 82.0 g/mol. The third-order valence-corrected chi connectivity index (χ3v) is 1.03. The van der Waals surface area contributed by atoms with Gasteiger partial charge in [0.15, 0.2) is 0 Å². The first kappa shape index (κ1) is 4.05. The fourth-order valence-electron chi connectivity index (χ4n) is 0.318. The Morgan fingerprint density at radius 1 is 1.67 bits per heavy atom. The Morgan fingerprint density at radius 2 is 1.83 bits per heavy atom. The van der Waals surface area contributed by atoms with Crippen molar-refractivity contribution >= 4 is 0 Å². The van der Waals surface area contributed by atoms with E-state index in [2.05, 4.69) is 0 Å². The van der Waals surface area contributed by atoms with E-state index in [-0.39, 0.29) is 6.04 Å². The molecule has 0 saturated carbocycles. The van der Waals surface area contributed by atoms with Gasteiger partial charge in [0.05, 0.1) is 6.04 Å². The molecule has 0 aromatic rings. The summed E-state index contributed by atoms with van der Waals surface area (Å²) < 4.78 is 0. The molecule has 0 aliphatic carbocycles. The molecule has 1 rings (SSSR count). The maximum absolute atomic E-state index is 8.38. The number of aliphatic hydroxyl groups excluding tert-OH is 1. The third-order valence-electron chi connectivity index (χ3n) is 1.03. The molecule has 2 N–H and O–H groups in total. The van der Waals surface area contributed by atoms with Gasteiger partial charge < -0.3 is 10.3 Å². The molecule has 3 unspecified atom stereocenters. The first-order valence-corrected chi connectivity index (χ1v) is 1.89. The second kappa shape index (κ2) is 0.932. The van der Waals surface area contributed by atoms with Gasteiger partial charge in [-0.3, -0.25) is 0 Å². The average molecular weight is 89.1 g/mol. The number of nitrogens with zero attached hydrogens (tertiary/aromatic N) is 1. The Kier molecular flexibility index (Phi) is 0.629. The van der Waals surface area contributed by atoms with E-state index in [0.29, 0.717) is 0 Å². The normalized spacial score (nSPS) is 55.5. The summed E-state index contributed by atoms with van der Waals surface area (Å²) in [6.45, 7) is 1.74. The lowest BCUT2D eigenvalue weighted by Crippen LogP contribution is -1.89. The summed E-state index contributed by atoms with van der Waals surface area (Å²) >= 11 is 0. The predicted octanol–water partition coefficient (Wildman–Crippen LogP) is -0.602. The lowest BCUT2D eigenvalue weighted by atomic mass is 10.5. The Hall–Kier alpha value is -0.120. The van der Waals surface area contributed by atoms with E-state index in [1.165, 1.54) is 0 Å². The quantitative estimate of drug-likeness (QED) is 0.389. The molecule has 6 heavy (non-hydrogen) atoms. The molecule has 3 heteroatoms. The van der Waals surface area contributed by atoms with Crippen LogP contribution in [0.25, 0.3) is 0 Å². The first-order chi connectivity index (χ1) is 2.73. The van der Waals surface area contributed by atoms with Gasteiger partial charge in [-0.1, -0.05) is 0 Å². The van der Waals surface area contributed by atoms with Crippen molar-refractivity contribution in [1.82, 2.24) is 5.06 Å². The van der Waals surface area contributed by atoms with E-state index in [1.54, 1.807) is 6.92 Å². The monoisotopic (exact) mass is 89.0 g/mol. The molecule has 0 radical (unpaired) electrons. The van der Waals surface area contributed by atoms with Gasteiger partial charge in [0, 0.05) is 0 Å². The molecule has 1 fully saturated rings. The van der Waals surface area contributed by atoms with Crippen LogP contribution in [0.3, 0.4) is 0 Å². The molecule has 0 amide bonds. The van der Waals surface area contributed by atoms with Crippen LogP contribution >= 0.6 is 0 Å². The largest absolute Gasteiger partial charge is 0.374 e. The highest BCUT2D eigenvalue weighted by molar-refractivity contribution is 4.81. The second-order valence-electron chi connectivity index (χ2n) is 1.53. The predicted molar refractivity (Wildman–Crippen MR) is 19.1 cm³/mol. The molecule has 36 valence electrons. The van der Waals surface area contributed by atoms with E-state index in [1.807, 2.05) is 0 Å². The molecular formula is C3H7NO2. The lowest BCUT2D eigenvalue weighted by molar-refractivity contribution is -0.0331. The Bertz CT molecular complexity index is 45.5. The SMILES string of the molecule is CC1C(O)N1O. The van der Waals surface area contributed by atoms with Gasteiger partial charge in [0.2, 0.25) is 0 Å². The van der Waals surface area contributed by atoms with E-state index >= 15 is 0 Å². The summed E-state index contributed by atoms with van der Waals surface area (Å²) in [4.78, 5) is 0. The topological polar surface area (TPSA) is 43.5 Å². The van der Waals surface area contributed by atoms with Crippen molar-refractivity contribution in [2.75, 3.05) is 0 Å². The molecule has 3 nitrogen and oxygen atoms in total. The third kappa shape index (κ3) is 0.330. The van der Waals surface area contributed by atoms with Crippen molar-refractivity contribution in [3.63, 3.8) is 0 Å². The van der Waals surface area contributed by atoms with Gasteiger partial charge in [0.1, 0.15) is 6.23 Å². The van der Waals surface area contributed by atoms with Gasteiger partial charge >= 0.3 is 0 Å². The summed E-state index contributed by atoms with van der Waals surface area (Å²) in [6.07, 6.45) is -0.593. The summed E-state index contributed by atoms with van der Waals surface area (Å²) in [5.74, 6) is 0. The zero-order chi connectivity index (χ0) is 4.73. The Morgan fingerprint density at radius 3 is 1.83 bits per heavy atom. The van der Waals surface area contributed by atoms with Crippen LogP contribution in [-0.2, 0) is 0 Å². The standard InChI is InChI=1S/C3H7NO2/c1-2-3(5)4(2)6/h2-3,5-6H,1H3. The molecule has 1 aliphatic rings. The zero-order valence-corrected chi connectivity index (χ0v) is 3.50. The van der Waals surface area contributed by atoms with E-state index in [9.17, 15) is 0 Å². The van der Waals surface area contributed by atoms with Gasteiger partial charge in [0.25, 0.3) is 0 Å². The molecule has 0 aromatic carbocycles. The van der Waals surface area contributed by atoms with Crippen LogP contribution in [0.1, 0.15) is 6.92 Å². The maximum atomic E-state index is 8.38. The number of aliphatic hydroxyl groups is 1. The Balaban J connectivity index is 2.31. The van der Waals surface area contributed by atoms with Crippen molar-refractivity contribution in [2.24, 2.45) is 0 Å². The zero-order valence-electron chi connectivity index (χ0n) is 3.50. The van der Waals surface area contributed by atoms with Crippen LogP contribution in [0.15, 0.2) is 0 Å². The van der Waals surface area contributed by atoms with Crippen LogP contribution in [0, 0.1) is 0 Å². The van der Waals surface area contributed by atoms with Crippen LogP contribution in [-0.4, -0.2) is 27.6 Å². The van der Waals surface area contributed by atoms with Gasteiger partial charge in [-0.2, -0.15) is 5.06 Å². The van der Waals surface area contributed by atoms with Crippen molar-refractivity contribution in [3.05, 3.63) is 0 Å².